The highest BCUT2D eigenvalue weighted by Crippen LogP contribution is 2.27. The summed E-state index contributed by atoms with van der Waals surface area (Å²) in [5.74, 6) is 0.486. The molecule has 2 aromatic carbocycles. The molecule has 3 aromatic rings. The first-order valence-corrected chi connectivity index (χ1v) is 13.3. The Labute approximate surface area is 228 Å². The van der Waals surface area contributed by atoms with Gasteiger partial charge in [0.15, 0.2) is 0 Å². The van der Waals surface area contributed by atoms with Gasteiger partial charge in [-0.25, -0.2) is 9.37 Å². The normalized spacial score (nSPS) is 14.9. The molecule has 1 saturated heterocycles. The van der Waals surface area contributed by atoms with Gasteiger partial charge in [0, 0.05) is 42.0 Å². The molecule has 0 saturated carbocycles. The smallest absolute Gasteiger partial charge is 0.247 e. The van der Waals surface area contributed by atoms with Crippen molar-refractivity contribution in [3.63, 3.8) is 0 Å². The SMILES string of the molecule is COc1cc(C=C(CCCCl)C(=O)NC(C)c2ccc(N3CCOCC3)cc2F)ccc1-n1cnc(C)c1. The Morgan fingerprint density at radius 1 is 1.26 bits per heavy atom. The van der Waals surface area contributed by atoms with Gasteiger partial charge in [-0.2, -0.15) is 0 Å². The van der Waals surface area contributed by atoms with Crippen LogP contribution in [-0.2, 0) is 9.53 Å². The molecule has 0 spiro atoms. The van der Waals surface area contributed by atoms with Crippen molar-refractivity contribution in [3.8, 4) is 11.4 Å². The van der Waals surface area contributed by atoms with Crippen LogP contribution in [0, 0.1) is 12.7 Å². The molecule has 2 heterocycles. The predicted molar refractivity (Wildman–Crippen MR) is 149 cm³/mol. The third kappa shape index (κ3) is 6.74. The van der Waals surface area contributed by atoms with Crippen molar-refractivity contribution in [1.82, 2.24) is 14.9 Å². The number of aryl methyl sites for hydroxylation is 1. The standard InChI is InChI=1S/C29H34ClFN4O3/c1-20-18-35(19-32-20)27-9-6-22(16-28(27)37-3)15-23(5-4-10-30)29(36)33-21(2)25-8-7-24(17-26(25)31)34-11-13-38-14-12-34/h6-9,15-19,21H,4-5,10-14H2,1-3H3,(H,33,36). The maximum Gasteiger partial charge on any atom is 0.247 e. The number of anilines is 1. The van der Waals surface area contributed by atoms with Crippen molar-refractivity contribution in [2.24, 2.45) is 0 Å². The van der Waals surface area contributed by atoms with Crippen molar-refractivity contribution >= 4 is 29.3 Å². The van der Waals surface area contributed by atoms with Gasteiger partial charge in [-0.1, -0.05) is 12.1 Å². The maximum absolute atomic E-state index is 15.1. The summed E-state index contributed by atoms with van der Waals surface area (Å²) >= 11 is 5.94. The summed E-state index contributed by atoms with van der Waals surface area (Å²) in [6, 6.07) is 10.4. The second-order valence-electron chi connectivity index (χ2n) is 9.32. The van der Waals surface area contributed by atoms with Crippen molar-refractivity contribution in [3.05, 3.63) is 77.1 Å². The average Bonchev–Trinajstić information content (AvgIpc) is 3.36. The van der Waals surface area contributed by atoms with E-state index in [1.807, 2.05) is 48.0 Å². The van der Waals surface area contributed by atoms with E-state index in [9.17, 15) is 4.79 Å². The summed E-state index contributed by atoms with van der Waals surface area (Å²) in [6.07, 6.45) is 6.61. The summed E-state index contributed by atoms with van der Waals surface area (Å²) in [5, 5.41) is 2.97. The summed E-state index contributed by atoms with van der Waals surface area (Å²) in [6.45, 7) is 6.43. The van der Waals surface area contributed by atoms with Crippen LogP contribution in [0.15, 0.2) is 54.5 Å². The number of hydrogen-bond donors (Lipinski definition) is 1. The van der Waals surface area contributed by atoms with Gasteiger partial charge in [-0.05, 0) is 62.6 Å². The molecule has 1 aliphatic rings. The van der Waals surface area contributed by atoms with E-state index in [0.717, 1.165) is 35.7 Å². The van der Waals surface area contributed by atoms with E-state index in [-0.39, 0.29) is 11.7 Å². The number of ether oxygens (including phenoxy) is 2. The number of benzene rings is 2. The van der Waals surface area contributed by atoms with E-state index in [1.165, 1.54) is 6.07 Å². The Morgan fingerprint density at radius 2 is 2.05 bits per heavy atom. The van der Waals surface area contributed by atoms with Gasteiger partial charge in [0.25, 0.3) is 0 Å². The minimum atomic E-state index is -0.512. The highest BCUT2D eigenvalue weighted by molar-refractivity contribution is 6.17. The Balaban J connectivity index is 1.52. The number of nitrogens with zero attached hydrogens (tertiary/aromatic N) is 3. The number of morpholine rings is 1. The van der Waals surface area contributed by atoms with Crippen molar-refractivity contribution < 1.29 is 18.7 Å². The maximum atomic E-state index is 15.1. The molecule has 7 nitrogen and oxygen atoms in total. The van der Waals surface area contributed by atoms with Crippen molar-refractivity contribution in [2.45, 2.75) is 32.7 Å². The third-order valence-corrected chi connectivity index (χ3v) is 6.85. The molecule has 1 fully saturated rings. The summed E-state index contributed by atoms with van der Waals surface area (Å²) in [7, 11) is 1.61. The molecule has 1 unspecified atom stereocenters. The second-order valence-corrected chi connectivity index (χ2v) is 9.69. The molecule has 0 bridgehead atoms. The van der Waals surface area contributed by atoms with Crippen LogP contribution in [0.3, 0.4) is 0 Å². The highest BCUT2D eigenvalue weighted by atomic mass is 35.5. The number of halogens is 2. The van der Waals surface area contributed by atoms with Crippen molar-refractivity contribution in [2.75, 3.05) is 44.2 Å². The van der Waals surface area contributed by atoms with E-state index >= 15 is 4.39 Å². The number of carbonyl (C=O) groups is 1. The Bertz CT molecular complexity index is 1290. The van der Waals surface area contributed by atoms with Crippen LogP contribution < -0.4 is 15.0 Å². The van der Waals surface area contributed by atoms with E-state index in [1.54, 1.807) is 26.4 Å². The monoisotopic (exact) mass is 540 g/mol. The number of aromatic nitrogens is 2. The zero-order chi connectivity index (χ0) is 27.1. The van der Waals surface area contributed by atoms with Crippen LogP contribution in [0.5, 0.6) is 5.75 Å². The van der Waals surface area contributed by atoms with Gasteiger partial charge < -0.3 is 24.3 Å². The van der Waals surface area contributed by atoms with Gasteiger partial charge in [-0.15, -0.1) is 11.6 Å². The van der Waals surface area contributed by atoms with E-state index in [4.69, 9.17) is 21.1 Å². The van der Waals surface area contributed by atoms with Crippen LogP contribution in [0.2, 0.25) is 0 Å². The van der Waals surface area contributed by atoms with Gasteiger partial charge in [-0.3, -0.25) is 4.79 Å². The molecule has 202 valence electrons. The number of methoxy groups -OCH3 is 1. The first kappa shape index (κ1) is 27.7. The molecule has 1 N–H and O–H groups in total. The molecule has 1 atom stereocenters. The zero-order valence-electron chi connectivity index (χ0n) is 22.0. The molecule has 1 aromatic heterocycles. The first-order valence-electron chi connectivity index (χ1n) is 12.8. The Morgan fingerprint density at radius 3 is 2.71 bits per heavy atom. The Hall–Kier alpha value is -3.36. The number of alkyl halides is 1. The predicted octanol–water partition coefficient (Wildman–Crippen LogP) is 5.44. The zero-order valence-corrected chi connectivity index (χ0v) is 22.8. The summed E-state index contributed by atoms with van der Waals surface area (Å²) < 4.78 is 27.9. The quantitative estimate of drug-likeness (QED) is 0.274. The van der Waals surface area contributed by atoms with Gasteiger partial charge in [0.2, 0.25) is 5.91 Å². The van der Waals surface area contributed by atoms with Crippen molar-refractivity contribution in [1.29, 1.82) is 0 Å². The van der Waals surface area contributed by atoms with Crippen LogP contribution >= 0.6 is 11.6 Å². The number of amides is 1. The molecule has 1 amide bonds. The summed E-state index contributed by atoms with van der Waals surface area (Å²) in [5.41, 5.74) is 4.39. The average molecular weight is 541 g/mol. The molecule has 1 aliphatic heterocycles. The fourth-order valence-corrected chi connectivity index (χ4v) is 4.65. The molecule has 38 heavy (non-hydrogen) atoms. The van der Waals surface area contributed by atoms with E-state index < -0.39 is 6.04 Å². The fourth-order valence-electron chi connectivity index (χ4n) is 4.51. The lowest BCUT2D eigenvalue weighted by Gasteiger charge is -2.29. The fraction of sp³-hybridized carbons (Fsp3) is 0.379. The lowest BCUT2D eigenvalue weighted by Crippen LogP contribution is -2.36. The molecular weight excluding hydrogens is 507 g/mol. The first-order chi connectivity index (χ1) is 18.4. The number of rotatable bonds is 10. The minimum Gasteiger partial charge on any atom is -0.495 e. The molecule has 9 heteroatoms. The topological polar surface area (TPSA) is 68.6 Å². The number of hydrogen-bond acceptors (Lipinski definition) is 5. The minimum absolute atomic E-state index is 0.257. The molecule has 0 aliphatic carbocycles. The van der Waals surface area contributed by atoms with Crippen LogP contribution in [-0.4, -0.2) is 54.8 Å². The highest BCUT2D eigenvalue weighted by Gasteiger charge is 2.19. The summed E-state index contributed by atoms with van der Waals surface area (Å²) in [4.78, 5) is 19.7. The largest absolute Gasteiger partial charge is 0.495 e. The molecular formula is C29H34ClFN4O3. The van der Waals surface area contributed by atoms with Gasteiger partial charge in [0.1, 0.15) is 11.6 Å². The lowest BCUT2D eigenvalue weighted by molar-refractivity contribution is -0.118. The van der Waals surface area contributed by atoms with E-state index in [0.29, 0.717) is 48.8 Å². The number of imidazole rings is 1. The van der Waals surface area contributed by atoms with Crippen LogP contribution in [0.25, 0.3) is 11.8 Å². The molecule has 4 rings (SSSR count). The number of nitrogens with one attached hydrogen (secondary N) is 1. The number of carbonyl (C=O) groups excluding carboxylic acids is 1. The third-order valence-electron chi connectivity index (χ3n) is 6.58. The Kier molecular flexibility index (Phi) is 9.42. The van der Waals surface area contributed by atoms with Gasteiger partial charge >= 0.3 is 0 Å². The van der Waals surface area contributed by atoms with Gasteiger partial charge in [0.05, 0.1) is 44.1 Å². The van der Waals surface area contributed by atoms with E-state index in [2.05, 4.69) is 15.2 Å². The molecule has 0 radical (unpaired) electrons. The van der Waals surface area contributed by atoms with Crippen LogP contribution in [0.4, 0.5) is 10.1 Å². The lowest BCUT2D eigenvalue weighted by atomic mass is 10.0. The second kappa shape index (κ2) is 12.9. The van der Waals surface area contributed by atoms with Crippen LogP contribution in [0.1, 0.15) is 42.6 Å².